The molecule has 0 fully saturated rings. The molecule has 10 aromatic carbocycles. The lowest BCUT2D eigenvalue weighted by atomic mass is 9.95. The predicted octanol–water partition coefficient (Wildman–Crippen LogP) is 16.3. The highest BCUT2D eigenvalue weighted by atomic mass is 16.3. The second-order valence-electron chi connectivity index (χ2n) is 15.7. The fraction of sp³-hybridized carbons (Fsp3) is 0. The van der Waals surface area contributed by atoms with Crippen molar-refractivity contribution in [3.05, 3.63) is 231 Å². The molecule has 0 bridgehead atoms. The third kappa shape index (κ3) is 5.90. The van der Waals surface area contributed by atoms with Crippen LogP contribution in [0.3, 0.4) is 0 Å². The van der Waals surface area contributed by atoms with E-state index in [2.05, 4.69) is 228 Å². The Morgan fingerprint density at radius 1 is 0.311 bits per heavy atom. The molecule has 0 amide bonds. The molecule has 3 nitrogen and oxygen atoms in total. The molecule has 0 N–H and O–H groups in total. The number of hydrogen-bond donors (Lipinski definition) is 0. The van der Waals surface area contributed by atoms with Gasteiger partial charge in [0.1, 0.15) is 11.2 Å². The Labute approximate surface area is 353 Å². The van der Waals surface area contributed by atoms with Crippen LogP contribution >= 0.6 is 0 Å². The Morgan fingerprint density at radius 2 is 0.852 bits per heavy atom. The van der Waals surface area contributed by atoms with E-state index >= 15 is 0 Å². The van der Waals surface area contributed by atoms with Crippen molar-refractivity contribution in [3.8, 4) is 39.1 Å². The molecule has 0 spiro atoms. The summed E-state index contributed by atoms with van der Waals surface area (Å²) < 4.78 is 8.67. The number of benzene rings is 10. The molecule has 2 aromatic heterocycles. The number of para-hydroxylation sites is 3. The first-order chi connectivity index (χ1) is 30.2. The van der Waals surface area contributed by atoms with Gasteiger partial charge in [0, 0.05) is 44.0 Å². The van der Waals surface area contributed by atoms with E-state index in [4.69, 9.17) is 4.42 Å². The Balaban J connectivity index is 1.00. The lowest BCUT2D eigenvalue weighted by molar-refractivity contribution is 0.669. The van der Waals surface area contributed by atoms with Gasteiger partial charge in [0.15, 0.2) is 0 Å². The smallest absolute Gasteiger partial charge is 0.135 e. The molecule has 61 heavy (non-hydrogen) atoms. The van der Waals surface area contributed by atoms with E-state index in [9.17, 15) is 0 Å². The van der Waals surface area contributed by atoms with Crippen LogP contribution in [0.1, 0.15) is 0 Å². The molecule has 0 saturated carbocycles. The lowest BCUT2D eigenvalue weighted by Gasteiger charge is -2.28. The Hall–Kier alpha value is -8.14. The van der Waals surface area contributed by atoms with Crippen molar-refractivity contribution in [1.29, 1.82) is 0 Å². The van der Waals surface area contributed by atoms with Crippen molar-refractivity contribution in [2.75, 3.05) is 4.90 Å². The third-order valence-electron chi connectivity index (χ3n) is 12.2. The quantitative estimate of drug-likeness (QED) is 0.161. The van der Waals surface area contributed by atoms with Crippen LogP contribution < -0.4 is 4.90 Å². The molecule has 2 heterocycles. The minimum absolute atomic E-state index is 0.878. The minimum Gasteiger partial charge on any atom is -0.456 e. The molecular formula is C58H38N2O. The summed E-state index contributed by atoms with van der Waals surface area (Å²) in [5.41, 5.74) is 15.7. The maximum absolute atomic E-state index is 6.30. The molecule has 286 valence electrons. The van der Waals surface area contributed by atoms with Crippen molar-refractivity contribution in [1.82, 2.24) is 4.57 Å². The van der Waals surface area contributed by atoms with Gasteiger partial charge in [-0.05, 0) is 112 Å². The minimum atomic E-state index is 0.878. The zero-order valence-corrected chi connectivity index (χ0v) is 33.2. The monoisotopic (exact) mass is 778 g/mol. The van der Waals surface area contributed by atoms with Gasteiger partial charge in [-0.25, -0.2) is 0 Å². The second-order valence-corrected chi connectivity index (χ2v) is 15.7. The molecule has 0 radical (unpaired) electrons. The number of furan rings is 1. The summed E-state index contributed by atoms with van der Waals surface area (Å²) >= 11 is 0. The zero-order chi connectivity index (χ0) is 40.3. The lowest BCUT2D eigenvalue weighted by Crippen LogP contribution is -2.10. The first-order valence-corrected chi connectivity index (χ1v) is 20.8. The van der Waals surface area contributed by atoms with Crippen LogP contribution in [-0.2, 0) is 0 Å². The number of fused-ring (bicyclic) bond motifs is 7. The van der Waals surface area contributed by atoms with Crippen LogP contribution in [0.4, 0.5) is 17.1 Å². The molecule has 0 aliphatic rings. The number of hydrogen-bond acceptors (Lipinski definition) is 2. The Kier molecular flexibility index (Phi) is 8.17. The van der Waals surface area contributed by atoms with E-state index in [0.29, 0.717) is 0 Å². The molecule has 0 aliphatic carbocycles. The van der Waals surface area contributed by atoms with Crippen molar-refractivity contribution in [2.24, 2.45) is 0 Å². The summed E-state index contributed by atoms with van der Waals surface area (Å²) in [4.78, 5) is 2.40. The van der Waals surface area contributed by atoms with E-state index in [1.807, 2.05) is 12.1 Å². The zero-order valence-electron chi connectivity index (χ0n) is 33.2. The second kappa shape index (κ2) is 14.3. The fourth-order valence-corrected chi connectivity index (χ4v) is 9.29. The largest absolute Gasteiger partial charge is 0.456 e. The molecule has 3 heteroatoms. The maximum atomic E-state index is 6.30. The van der Waals surface area contributed by atoms with Crippen molar-refractivity contribution in [3.63, 3.8) is 0 Å². The molecule has 0 saturated heterocycles. The van der Waals surface area contributed by atoms with Crippen LogP contribution in [0.25, 0.3) is 93.6 Å². The van der Waals surface area contributed by atoms with Gasteiger partial charge in [0.25, 0.3) is 0 Å². The van der Waals surface area contributed by atoms with Gasteiger partial charge in [0.2, 0.25) is 0 Å². The van der Waals surface area contributed by atoms with Crippen LogP contribution in [0, 0.1) is 0 Å². The summed E-state index contributed by atoms with van der Waals surface area (Å²) in [6, 6.07) is 83.0. The molecule has 12 rings (SSSR count). The van der Waals surface area contributed by atoms with Gasteiger partial charge in [-0.15, -0.1) is 0 Å². The van der Waals surface area contributed by atoms with Gasteiger partial charge in [-0.2, -0.15) is 0 Å². The average Bonchev–Trinajstić information content (AvgIpc) is 3.88. The fourth-order valence-electron chi connectivity index (χ4n) is 9.29. The average molecular weight is 779 g/mol. The van der Waals surface area contributed by atoms with Gasteiger partial charge in [-0.1, -0.05) is 158 Å². The van der Waals surface area contributed by atoms with Crippen molar-refractivity contribution < 1.29 is 4.42 Å². The molecular weight excluding hydrogens is 741 g/mol. The molecule has 12 aromatic rings. The normalized spacial score (nSPS) is 11.6. The van der Waals surface area contributed by atoms with E-state index in [1.54, 1.807) is 0 Å². The van der Waals surface area contributed by atoms with Gasteiger partial charge >= 0.3 is 0 Å². The van der Waals surface area contributed by atoms with E-state index in [0.717, 1.165) is 44.7 Å². The van der Waals surface area contributed by atoms with Crippen LogP contribution in [0.5, 0.6) is 0 Å². The van der Waals surface area contributed by atoms with E-state index in [-0.39, 0.29) is 0 Å². The highest BCUT2D eigenvalue weighted by Gasteiger charge is 2.20. The summed E-state index contributed by atoms with van der Waals surface area (Å²) in [7, 11) is 0. The Morgan fingerprint density at radius 3 is 1.61 bits per heavy atom. The summed E-state index contributed by atoms with van der Waals surface area (Å²) in [5.74, 6) is 0. The number of anilines is 3. The summed E-state index contributed by atoms with van der Waals surface area (Å²) in [5, 5.41) is 7.05. The first kappa shape index (κ1) is 34.9. The van der Waals surface area contributed by atoms with Crippen LogP contribution in [0.2, 0.25) is 0 Å². The van der Waals surface area contributed by atoms with E-state index in [1.165, 1.54) is 66.0 Å². The van der Waals surface area contributed by atoms with Gasteiger partial charge in [0.05, 0.1) is 16.7 Å². The maximum Gasteiger partial charge on any atom is 0.135 e. The van der Waals surface area contributed by atoms with Crippen molar-refractivity contribution in [2.45, 2.75) is 0 Å². The SMILES string of the molecule is c1ccc(-c2ccc(-c3ccc(N(c4ccc5oc6ccccc6c5c4)c4ccc(-c5ccc6c(c5)c5ccccc5n6-c5ccccc5)c5ccccc45)cc3)cc2)cc1. The highest BCUT2D eigenvalue weighted by molar-refractivity contribution is 6.13. The molecule has 0 aliphatic heterocycles. The third-order valence-corrected chi connectivity index (χ3v) is 12.2. The van der Waals surface area contributed by atoms with Crippen LogP contribution in [-0.4, -0.2) is 4.57 Å². The topological polar surface area (TPSA) is 21.3 Å². The number of nitrogens with zero attached hydrogens (tertiary/aromatic N) is 2. The van der Waals surface area contributed by atoms with Gasteiger partial charge in [-0.3, -0.25) is 0 Å². The molecule has 0 atom stereocenters. The van der Waals surface area contributed by atoms with Crippen LogP contribution in [0.15, 0.2) is 235 Å². The molecule has 0 unspecified atom stereocenters. The standard InChI is InChI=1S/C58H38N2O/c1-3-13-39(14-4-1)40-23-25-41(26-24-40)42-27-30-45(31-28-42)59(46-32-36-58-53(38-46)51-20-10-12-22-57(51)61-58)55-35-33-47(48-17-7-8-18-49(48)55)43-29-34-56-52(37-43)50-19-9-11-21-54(50)60(56)44-15-5-2-6-16-44/h1-38H. The van der Waals surface area contributed by atoms with E-state index < -0.39 is 0 Å². The summed E-state index contributed by atoms with van der Waals surface area (Å²) in [6.45, 7) is 0. The van der Waals surface area contributed by atoms with Gasteiger partial charge < -0.3 is 13.9 Å². The predicted molar refractivity (Wildman–Crippen MR) is 257 cm³/mol. The Bertz CT molecular complexity index is 3560. The van der Waals surface area contributed by atoms with Crippen molar-refractivity contribution >= 4 is 71.6 Å². The first-order valence-electron chi connectivity index (χ1n) is 20.8. The number of rotatable bonds is 7. The number of aromatic nitrogens is 1. The highest BCUT2D eigenvalue weighted by Crippen LogP contribution is 2.45. The summed E-state index contributed by atoms with van der Waals surface area (Å²) in [6.07, 6.45) is 0.